The van der Waals surface area contributed by atoms with Gasteiger partial charge in [-0.25, -0.2) is 0 Å². The van der Waals surface area contributed by atoms with Crippen molar-refractivity contribution in [3.8, 4) is 0 Å². The molecule has 2 heterocycles. The summed E-state index contributed by atoms with van der Waals surface area (Å²) in [6.07, 6.45) is 5.57. The van der Waals surface area contributed by atoms with E-state index in [-0.39, 0.29) is 5.54 Å². The second kappa shape index (κ2) is 4.23. The molecule has 0 saturated heterocycles. The highest BCUT2D eigenvalue weighted by atomic mass is 32.2. The van der Waals surface area contributed by atoms with Crippen molar-refractivity contribution in [3.63, 3.8) is 0 Å². The van der Waals surface area contributed by atoms with Crippen LogP contribution in [0.3, 0.4) is 0 Å². The molecule has 0 bridgehead atoms. The summed E-state index contributed by atoms with van der Waals surface area (Å²) in [5.41, 5.74) is 5.87. The molecule has 2 aromatic rings. The summed E-state index contributed by atoms with van der Waals surface area (Å²) in [7, 11) is 0. The van der Waals surface area contributed by atoms with Crippen molar-refractivity contribution < 1.29 is 4.58 Å². The van der Waals surface area contributed by atoms with E-state index < -0.39 is 0 Å². The Bertz CT molecular complexity index is 840. The maximum atomic E-state index is 2.56. The Morgan fingerprint density at radius 1 is 1.19 bits per heavy atom. The van der Waals surface area contributed by atoms with Gasteiger partial charge in [0.25, 0.3) is 0 Å². The van der Waals surface area contributed by atoms with Crippen molar-refractivity contribution >= 4 is 33.9 Å². The smallest absolute Gasteiger partial charge is 0.186 e. The average molecular weight is 294 g/mol. The molecule has 2 aromatic carbocycles. The monoisotopic (exact) mass is 294 g/mol. The second-order valence-electron chi connectivity index (χ2n) is 6.50. The molecular weight excluding hydrogens is 274 g/mol. The van der Waals surface area contributed by atoms with Crippen molar-refractivity contribution in [1.29, 1.82) is 0 Å². The number of rotatable bonds is 1. The first-order chi connectivity index (χ1) is 10.1. The quantitative estimate of drug-likeness (QED) is 0.520. The molecule has 0 fully saturated rings. The zero-order chi connectivity index (χ0) is 14.8. The molecule has 0 atom stereocenters. The first-order valence-corrected chi connectivity index (χ1v) is 8.74. The topological polar surface area (TPSA) is 3.01 Å². The van der Waals surface area contributed by atoms with Crippen LogP contribution < -0.4 is 0 Å². The van der Waals surface area contributed by atoms with E-state index >= 15 is 0 Å². The third-order valence-corrected chi connectivity index (χ3v) is 5.60. The summed E-state index contributed by atoms with van der Waals surface area (Å²) >= 11 is 1.84. The van der Waals surface area contributed by atoms with Crippen LogP contribution in [0.5, 0.6) is 0 Å². The molecule has 106 valence electrons. The van der Waals surface area contributed by atoms with Crippen LogP contribution in [0.25, 0.3) is 10.8 Å². The van der Waals surface area contributed by atoms with Gasteiger partial charge in [0, 0.05) is 42.2 Å². The van der Waals surface area contributed by atoms with E-state index in [1.165, 1.54) is 38.2 Å². The highest BCUT2D eigenvalue weighted by molar-refractivity contribution is 7.98. The summed E-state index contributed by atoms with van der Waals surface area (Å²) < 4.78 is 2.56. The molecule has 0 spiro atoms. The lowest BCUT2D eigenvalue weighted by molar-refractivity contribution is -0.512. The molecule has 1 nitrogen and oxygen atoms in total. The predicted molar refractivity (Wildman–Crippen MR) is 92.2 cm³/mol. The molecule has 2 heteroatoms. The van der Waals surface area contributed by atoms with Gasteiger partial charge in [0.05, 0.1) is 10.9 Å². The van der Waals surface area contributed by atoms with E-state index in [1.54, 1.807) is 0 Å². The minimum atomic E-state index is 0.157. The zero-order valence-corrected chi connectivity index (χ0v) is 13.8. The standard InChI is InChI=1S/C19H20NS/c1-5-12-11-19(2,3)20-15-9-10-16(21-4)13-7-6-8-14(17(13)15)18(12)20/h5-10H,11H2,1-4H3/q+1. The van der Waals surface area contributed by atoms with Crippen LogP contribution in [0, 0.1) is 0 Å². The van der Waals surface area contributed by atoms with Crippen molar-refractivity contribution in [2.24, 2.45) is 0 Å². The first-order valence-electron chi connectivity index (χ1n) is 7.51. The van der Waals surface area contributed by atoms with E-state index in [4.69, 9.17) is 0 Å². The molecule has 4 rings (SSSR count). The molecule has 2 aliphatic rings. The minimum Gasteiger partial charge on any atom is -0.186 e. The average Bonchev–Trinajstić information content (AvgIpc) is 2.96. The highest BCUT2D eigenvalue weighted by Crippen LogP contribution is 2.47. The Morgan fingerprint density at radius 3 is 2.71 bits per heavy atom. The van der Waals surface area contributed by atoms with Crippen molar-refractivity contribution in [1.82, 2.24) is 0 Å². The number of thioether (sulfide) groups is 1. The zero-order valence-electron chi connectivity index (χ0n) is 13.0. The molecule has 0 saturated carbocycles. The number of nitrogens with zero attached hydrogens (tertiary/aromatic N) is 1. The van der Waals surface area contributed by atoms with Crippen molar-refractivity contribution in [2.45, 2.75) is 37.6 Å². The lowest BCUT2D eigenvalue weighted by Gasteiger charge is -2.16. The van der Waals surface area contributed by atoms with Gasteiger partial charge in [-0.2, -0.15) is 4.58 Å². The molecule has 21 heavy (non-hydrogen) atoms. The molecule has 2 aliphatic heterocycles. The highest BCUT2D eigenvalue weighted by Gasteiger charge is 2.49. The van der Waals surface area contributed by atoms with Gasteiger partial charge in [-0.15, -0.1) is 11.8 Å². The Hall–Kier alpha value is -1.54. The third-order valence-electron chi connectivity index (χ3n) is 4.80. The molecule has 0 amide bonds. The van der Waals surface area contributed by atoms with E-state index in [9.17, 15) is 0 Å². The Kier molecular flexibility index (Phi) is 2.65. The van der Waals surface area contributed by atoms with Crippen molar-refractivity contribution in [3.05, 3.63) is 47.5 Å². The van der Waals surface area contributed by atoms with E-state index in [0.29, 0.717) is 0 Å². The van der Waals surface area contributed by atoms with Gasteiger partial charge in [-0.1, -0.05) is 18.2 Å². The van der Waals surface area contributed by atoms with Crippen LogP contribution in [0.1, 0.15) is 32.8 Å². The summed E-state index contributed by atoms with van der Waals surface area (Å²) in [5.74, 6) is 0. The summed E-state index contributed by atoms with van der Waals surface area (Å²) in [6.45, 7) is 6.87. The largest absolute Gasteiger partial charge is 0.217 e. The summed E-state index contributed by atoms with van der Waals surface area (Å²) in [4.78, 5) is 1.37. The van der Waals surface area contributed by atoms with Gasteiger partial charge in [0.2, 0.25) is 11.4 Å². The van der Waals surface area contributed by atoms with Gasteiger partial charge < -0.3 is 0 Å². The fraction of sp³-hybridized carbons (Fsp3) is 0.316. The van der Waals surface area contributed by atoms with Gasteiger partial charge >= 0.3 is 0 Å². The fourth-order valence-corrected chi connectivity index (χ4v) is 4.57. The molecule has 0 aromatic heterocycles. The summed E-state index contributed by atoms with van der Waals surface area (Å²) in [6, 6.07) is 11.3. The van der Waals surface area contributed by atoms with E-state index in [2.05, 4.69) is 68.0 Å². The molecule has 0 radical (unpaired) electrons. The van der Waals surface area contributed by atoms with Crippen LogP contribution in [0.4, 0.5) is 5.69 Å². The van der Waals surface area contributed by atoms with Crippen LogP contribution in [-0.2, 0) is 0 Å². The lowest BCUT2D eigenvalue weighted by Crippen LogP contribution is -2.28. The van der Waals surface area contributed by atoms with Crippen molar-refractivity contribution in [2.75, 3.05) is 6.26 Å². The number of hydrogen-bond donors (Lipinski definition) is 0. The van der Waals surface area contributed by atoms with E-state index in [0.717, 1.165) is 6.42 Å². The van der Waals surface area contributed by atoms with Gasteiger partial charge in [0.1, 0.15) is 0 Å². The van der Waals surface area contributed by atoms with Crippen LogP contribution in [0.2, 0.25) is 0 Å². The molecule has 0 unspecified atom stereocenters. The number of benzene rings is 2. The summed E-state index contributed by atoms with van der Waals surface area (Å²) in [5, 5.41) is 2.83. The SMILES string of the molecule is CC=C1CC(C)(C)[N+]2=C1c1cccc3c(SC)ccc2c13. The second-order valence-corrected chi connectivity index (χ2v) is 7.35. The number of fused-ring (bicyclic) bond motifs is 2. The van der Waals surface area contributed by atoms with Gasteiger partial charge in [0.15, 0.2) is 5.54 Å². The van der Waals surface area contributed by atoms with Crippen LogP contribution >= 0.6 is 11.8 Å². The lowest BCUT2D eigenvalue weighted by atomic mass is 9.91. The fourth-order valence-electron chi connectivity index (χ4n) is 3.98. The van der Waals surface area contributed by atoms with Gasteiger partial charge in [-0.05, 0) is 25.3 Å². The molecule has 0 aliphatic carbocycles. The van der Waals surface area contributed by atoms with Gasteiger partial charge in [-0.3, -0.25) is 0 Å². The third kappa shape index (κ3) is 1.57. The first kappa shape index (κ1) is 13.1. The number of hydrogen-bond acceptors (Lipinski definition) is 1. The maximum Gasteiger partial charge on any atom is 0.217 e. The predicted octanol–water partition coefficient (Wildman–Crippen LogP) is 5.14. The molecular formula is C19H20NS+. The normalized spacial score (nSPS) is 20.7. The van der Waals surface area contributed by atoms with Crippen LogP contribution in [0.15, 0.2) is 46.9 Å². The Balaban J connectivity index is 2.15. The minimum absolute atomic E-state index is 0.157. The maximum absolute atomic E-state index is 2.56. The Morgan fingerprint density at radius 2 is 2.00 bits per heavy atom. The Labute approximate surface area is 130 Å². The number of allylic oxidation sites excluding steroid dienone is 1. The van der Waals surface area contributed by atoms with Crippen LogP contribution in [-0.4, -0.2) is 22.1 Å². The van der Waals surface area contributed by atoms with E-state index in [1.807, 2.05) is 11.8 Å². The molecule has 0 N–H and O–H groups in total.